The van der Waals surface area contributed by atoms with Crippen LogP contribution in [0.25, 0.3) is 22.2 Å². The molecule has 1 aromatic heterocycles. The number of piperidine rings is 1. The predicted molar refractivity (Wildman–Crippen MR) is 104 cm³/mol. The standard InChI is InChI=1S/C19H19BrN2O2S/c20-17-7-3-2-6-16(17)19-13-14-12-15(8-9-18(14)21-19)25(23,24)22-10-4-1-5-11-22/h2-3,6-9,12-13,21H,1,4-5,10-11H2. The minimum atomic E-state index is -3.41. The zero-order chi connectivity index (χ0) is 17.4. The van der Waals surface area contributed by atoms with E-state index in [2.05, 4.69) is 20.9 Å². The quantitative estimate of drug-likeness (QED) is 0.665. The zero-order valence-electron chi connectivity index (χ0n) is 13.7. The second-order valence-corrected chi connectivity index (χ2v) is 9.17. The molecule has 0 radical (unpaired) electrons. The summed E-state index contributed by atoms with van der Waals surface area (Å²) in [6.45, 7) is 1.24. The van der Waals surface area contributed by atoms with Crippen LogP contribution in [0.5, 0.6) is 0 Å². The molecule has 1 aliphatic heterocycles. The molecule has 4 nitrogen and oxygen atoms in total. The first-order valence-electron chi connectivity index (χ1n) is 8.43. The Morgan fingerprint density at radius 2 is 1.72 bits per heavy atom. The van der Waals surface area contributed by atoms with Crippen molar-refractivity contribution in [3.63, 3.8) is 0 Å². The van der Waals surface area contributed by atoms with Gasteiger partial charge in [0.1, 0.15) is 0 Å². The highest BCUT2D eigenvalue weighted by atomic mass is 79.9. The van der Waals surface area contributed by atoms with Gasteiger partial charge in [0, 0.05) is 39.7 Å². The number of nitrogens with zero attached hydrogens (tertiary/aromatic N) is 1. The van der Waals surface area contributed by atoms with Gasteiger partial charge in [-0.25, -0.2) is 8.42 Å². The van der Waals surface area contributed by atoms with E-state index >= 15 is 0 Å². The van der Waals surface area contributed by atoms with Gasteiger partial charge in [0.15, 0.2) is 0 Å². The van der Waals surface area contributed by atoms with Gasteiger partial charge in [0.05, 0.1) is 4.90 Å². The molecule has 25 heavy (non-hydrogen) atoms. The number of halogens is 1. The Labute approximate surface area is 156 Å². The van der Waals surface area contributed by atoms with Crippen molar-refractivity contribution in [3.8, 4) is 11.3 Å². The summed E-state index contributed by atoms with van der Waals surface area (Å²) in [6.07, 6.45) is 2.99. The number of H-pyrrole nitrogens is 1. The average Bonchev–Trinajstić information content (AvgIpc) is 3.06. The molecule has 6 heteroatoms. The van der Waals surface area contributed by atoms with Crippen molar-refractivity contribution >= 4 is 36.9 Å². The molecule has 0 amide bonds. The second kappa shape index (κ2) is 6.59. The van der Waals surface area contributed by atoms with E-state index in [-0.39, 0.29) is 0 Å². The largest absolute Gasteiger partial charge is 0.354 e. The summed E-state index contributed by atoms with van der Waals surface area (Å²) in [5, 5.41) is 0.906. The molecule has 0 unspecified atom stereocenters. The van der Waals surface area contributed by atoms with Crippen LogP contribution >= 0.6 is 15.9 Å². The molecule has 3 aromatic rings. The lowest BCUT2D eigenvalue weighted by molar-refractivity contribution is 0.346. The normalized spacial score (nSPS) is 16.4. The van der Waals surface area contributed by atoms with Crippen molar-refractivity contribution in [2.24, 2.45) is 0 Å². The summed E-state index contributed by atoms with van der Waals surface area (Å²) in [7, 11) is -3.41. The van der Waals surface area contributed by atoms with Crippen LogP contribution in [-0.4, -0.2) is 30.8 Å². The second-order valence-electron chi connectivity index (χ2n) is 6.38. The first-order chi connectivity index (χ1) is 12.1. The Bertz CT molecular complexity index is 1020. The van der Waals surface area contributed by atoms with Gasteiger partial charge < -0.3 is 4.98 Å². The Balaban J connectivity index is 1.75. The molecule has 0 atom stereocenters. The van der Waals surface area contributed by atoms with Crippen LogP contribution in [-0.2, 0) is 10.0 Å². The van der Waals surface area contributed by atoms with Crippen LogP contribution in [0.3, 0.4) is 0 Å². The topological polar surface area (TPSA) is 53.2 Å². The number of hydrogen-bond donors (Lipinski definition) is 1. The summed E-state index contributed by atoms with van der Waals surface area (Å²) in [6, 6.07) is 15.3. The molecule has 1 saturated heterocycles. The molecule has 4 rings (SSSR count). The maximum atomic E-state index is 12.9. The third-order valence-electron chi connectivity index (χ3n) is 4.71. The van der Waals surface area contributed by atoms with Crippen LogP contribution in [0.15, 0.2) is 57.9 Å². The summed E-state index contributed by atoms with van der Waals surface area (Å²) < 4.78 is 28.4. The predicted octanol–water partition coefficient (Wildman–Crippen LogP) is 4.77. The number of hydrogen-bond acceptors (Lipinski definition) is 2. The number of nitrogens with one attached hydrogen (secondary N) is 1. The highest BCUT2D eigenvalue weighted by Gasteiger charge is 2.26. The number of aromatic nitrogens is 1. The summed E-state index contributed by atoms with van der Waals surface area (Å²) in [5.74, 6) is 0. The lowest BCUT2D eigenvalue weighted by Gasteiger charge is -2.25. The third kappa shape index (κ3) is 3.14. The van der Waals surface area contributed by atoms with Gasteiger partial charge in [-0.2, -0.15) is 4.31 Å². The molecular weight excluding hydrogens is 400 g/mol. The average molecular weight is 419 g/mol. The van der Waals surface area contributed by atoms with Crippen LogP contribution in [0, 0.1) is 0 Å². The van der Waals surface area contributed by atoms with E-state index in [1.807, 2.05) is 36.4 Å². The van der Waals surface area contributed by atoms with Gasteiger partial charge in [0.25, 0.3) is 0 Å². The van der Waals surface area contributed by atoms with Gasteiger partial charge in [-0.3, -0.25) is 0 Å². The zero-order valence-corrected chi connectivity index (χ0v) is 16.1. The van der Waals surface area contributed by atoms with Crippen LogP contribution in [0.1, 0.15) is 19.3 Å². The minimum absolute atomic E-state index is 0.375. The maximum Gasteiger partial charge on any atom is 0.243 e. The van der Waals surface area contributed by atoms with E-state index in [1.165, 1.54) is 0 Å². The number of benzene rings is 2. The van der Waals surface area contributed by atoms with Crippen LogP contribution < -0.4 is 0 Å². The fourth-order valence-corrected chi connectivity index (χ4v) is 5.40. The minimum Gasteiger partial charge on any atom is -0.354 e. The van der Waals surface area contributed by atoms with Crippen molar-refractivity contribution in [1.29, 1.82) is 0 Å². The number of sulfonamides is 1. The van der Waals surface area contributed by atoms with Crippen molar-refractivity contribution in [2.75, 3.05) is 13.1 Å². The van der Waals surface area contributed by atoms with E-state index in [4.69, 9.17) is 0 Å². The Kier molecular flexibility index (Phi) is 4.43. The molecule has 1 N–H and O–H groups in total. The summed E-state index contributed by atoms with van der Waals surface area (Å²) >= 11 is 3.57. The molecule has 130 valence electrons. The van der Waals surface area contributed by atoms with Crippen molar-refractivity contribution in [1.82, 2.24) is 9.29 Å². The molecular formula is C19H19BrN2O2S. The van der Waals surface area contributed by atoms with Crippen LogP contribution in [0.4, 0.5) is 0 Å². The molecule has 2 heterocycles. The molecule has 0 aliphatic carbocycles. The van der Waals surface area contributed by atoms with Gasteiger partial charge >= 0.3 is 0 Å². The summed E-state index contributed by atoms with van der Waals surface area (Å²) in [4.78, 5) is 3.75. The molecule has 1 aliphatic rings. The maximum absolute atomic E-state index is 12.9. The lowest BCUT2D eigenvalue weighted by Crippen LogP contribution is -2.35. The smallest absolute Gasteiger partial charge is 0.243 e. The van der Waals surface area contributed by atoms with Crippen molar-refractivity contribution in [2.45, 2.75) is 24.2 Å². The van der Waals surface area contributed by atoms with E-state index in [0.29, 0.717) is 18.0 Å². The van der Waals surface area contributed by atoms with E-state index in [1.54, 1.807) is 16.4 Å². The first kappa shape index (κ1) is 16.8. The van der Waals surface area contributed by atoms with Crippen LogP contribution in [0.2, 0.25) is 0 Å². The van der Waals surface area contributed by atoms with Gasteiger partial charge in [-0.05, 0) is 43.2 Å². The number of fused-ring (bicyclic) bond motifs is 1. The molecule has 0 bridgehead atoms. The summed E-state index contributed by atoms with van der Waals surface area (Å²) in [5.41, 5.74) is 2.96. The molecule has 1 fully saturated rings. The van der Waals surface area contributed by atoms with Crippen molar-refractivity contribution < 1.29 is 8.42 Å². The molecule has 2 aromatic carbocycles. The Hall–Kier alpha value is -1.63. The highest BCUT2D eigenvalue weighted by Crippen LogP contribution is 2.31. The third-order valence-corrected chi connectivity index (χ3v) is 7.30. The fraction of sp³-hybridized carbons (Fsp3) is 0.263. The van der Waals surface area contributed by atoms with Gasteiger partial charge in [-0.1, -0.05) is 40.5 Å². The molecule has 0 saturated carbocycles. The van der Waals surface area contributed by atoms with Crippen molar-refractivity contribution in [3.05, 3.63) is 53.0 Å². The van der Waals surface area contributed by atoms with E-state index in [9.17, 15) is 8.42 Å². The number of aromatic amines is 1. The first-order valence-corrected chi connectivity index (χ1v) is 10.7. The van der Waals surface area contributed by atoms with E-state index in [0.717, 1.165) is 45.9 Å². The molecule has 0 spiro atoms. The number of rotatable bonds is 3. The van der Waals surface area contributed by atoms with Gasteiger partial charge in [0.2, 0.25) is 10.0 Å². The SMILES string of the molecule is O=S(=O)(c1ccc2[nH]c(-c3ccccc3Br)cc2c1)N1CCCCC1. The fourth-order valence-electron chi connectivity index (χ4n) is 3.35. The Morgan fingerprint density at radius 1 is 0.960 bits per heavy atom. The monoisotopic (exact) mass is 418 g/mol. The lowest BCUT2D eigenvalue weighted by atomic mass is 10.1. The Morgan fingerprint density at radius 3 is 2.48 bits per heavy atom. The van der Waals surface area contributed by atoms with Gasteiger partial charge in [-0.15, -0.1) is 0 Å². The highest BCUT2D eigenvalue weighted by molar-refractivity contribution is 9.10. The van der Waals surface area contributed by atoms with E-state index < -0.39 is 10.0 Å².